The molecule has 0 saturated heterocycles. The molecule has 2 nitrogen and oxygen atoms in total. The maximum absolute atomic E-state index is 8.87. The van der Waals surface area contributed by atoms with Crippen molar-refractivity contribution in [3.63, 3.8) is 0 Å². The number of thioether (sulfide) groups is 1. The van der Waals surface area contributed by atoms with Gasteiger partial charge in [0.2, 0.25) is 0 Å². The lowest BCUT2D eigenvalue weighted by Gasteiger charge is -2.12. The molecule has 1 aromatic heterocycles. The lowest BCUT2D eigenvalue weighted by atomic mass is 10.1. The molecule has 3 heteroatoms. The zero-order valence-electron chi connectivity index (χ0n) is 9.37. The van der Waals surface area contributed by atoms with Gasteiger partial charge in [-0.25, -0.2) is 0 Å². The highest BCUT2D eigenvalue weighted by molar-refractivity contribution is 7.98. The van der Waals surface area contributed by atoms with E-state index >= 15 is 0 Å². The van der Waals surface area contributed by atoms with E-state index in [4.69, 9.17) is 9.68 Å². The molecule has 0 aliphatic rings. The number of hydrogen-bond donors (Lipinski definition) is 0. The van der Waals surface area contributed by atoms with Crippen LogP contribution in [0.4, 0.5) is 0 Å². The molecule has 0 saturated carbocycles. The summed E-state index contributed by atoms with van der Waals surface area (Å²) < 4.78 is 5.29. The fourth-order valence-electron chi connectivity index (χ4n) is 1.60. The van der Waals surface area contributed by atoms with Crippen molar-refractivity contribution in [2.24, 2.45) is 0 Å². The van der Waals surface area contributed by atoms with E-state index in [9.17, 15) is 0 Å². The van der Waals surface area contributed by atoms with E-state index in [0.29, 0.717) is 6.42 Å². The van der Waals surface area contributed by atoms with Gasteiger partial charge in [-0.1, -0.05) is 30.3 Å². The van der Waals surface area contributed by atoms with Gasteiger partial charge >= 0.3 is 0 Å². The minimum Gasteiger partial charge on any atom is -0.468 e. The van der Waals surface area contributed by atoms with E-state index in [1.165, 1.54) is 5.56 Å². The number of nitriles is 1. The van der Waals surface area contributed by atoms with E-state index in [1.807, 2.05) is 30.3 Å². The Morgan fingerprint density at radius 1 is 1.18 bits per heavy atom. The molecule has 2 rings (SSSR count). The molecule has 17 heavy (non-hydrogen) atoms. The van der Waals surface area contributed by atoms with Crippen molar-refractivity contribution >= 4 is 11.8 Å². The molecule has 86 valence electrons. The van der Waals surface area contributed by atoms with E-state index < -0.39 is 0 Å². The standard InChI is InChI=1S/C14H13NOS/c15-9-8-14(12-5-2-1-3-6-12)17-11-13-7-4-10-16-13/h1-7,10,14H,8,11H2. The van der Waals surface area contributed by atoms with Crippen molar-refractivity contribution in [3.05, 3.63) is 60.1 Å². The summed E-state index contributed by atoms with van der Waals surface area (Å²) in [5, 5.41) is 9.08. The number of nitrogens with zero attached hydrogens (tertiary/aromatic N) is 1. The van der Waals surface area contributed by atoms with E-state index in [-0.39, 0.29) is 5.25 Å². The van der Waals surface area contributed by atoms with Crippen LogP contribution in [-0.4, -0.2) is 0 Å². The van der Waals surface area contributed by atoms with Crippen LogP contribution in [0, 0.1) is 11.3 Å². The van der Waals surface area contributed by atoms with Crippen molar-refractivity contribution in [2.45, 2.75) is 17.4 Å². The van der Waals surface area contributed by atoms with Gasteiger partial charge in [-0.2, -0.15) is 5.26 Å². The van der Waals surface area contributed by atoms with E-state index in [0.717, 1.165) is 11.5 Å². The molecular weight excluding hydrogens is 230 g/mol. The molecule has 0 spiro atoms. The molecule has 0 fully saturated rings. The van der Waals surface area contributed by atoms with Gasteiger partial charge in [0.15, 0.2) is 0 Å². The molecule has 2 aromatic rings. The molecular formula is C14H13NOS. The summed E-state index contributed by atoms with van der Waals surface area (Å²) in [6.07, 6.45) is 2.20. The summed E-state index contributed by atoms with van der Waals surface area (Å²) in [6, 6.07) is 16.2. The average molecular weight is 243 g/mol. The van der Waals surface area contributed by atoms with Gasteiger partial charge in [-0.05, 0) is 17.7 Å². The first kappa shape index (κ1) is 11.8. The molecule has 1 atom stereocenters. The Bertz CT molecular complexity index is 473. The van der Waals surface area contributed by atoms with Crippen LogP contribution < -0.4 is 0 Å². The zero-order chi connectivity index (χ0) is 11.9. The van der Waals surface area contributed by atoms with Gasteiger partial charge in [-0.15, -0.1) is 11.8 Å². The van der Waals surface area contributed by atoms with Crippen LogP contribution in [-0.2, 0) is 5.75 Å². The van der Waals surface area contributed by atoms with Crippen LogP contribution in [0.25, 0.3) is 0 Å². The first-order valence-electron chi connectivity index (χ1n) is 5.46. The monoisotopic (exact) mass is 243 g/mol. The predicted molar refractivity (Wildman–Crippen MR) is 69.4 cm³/mol. The molecule has 1 aromatic carbocycles. The summed E-state index contributed by atoms with van der Waals surface area (Å²) in [5.74, 6) is 1.75. The first-order valence-corrected chi connectivity index (χ1v) is 6.51. The average Bonchev–Trinajstić information content (AvgIpc) is 2.88. The Morgan fingerprint density at radius 3 is 2.65 bits per heavy atom. The quantitative estimate of drug-likeness (QED) is 0.791. The van der Waals surface area contributed by atoms with Gasteiger partial charge in [0.05, 0.1) is 24.5 Å². The smallest absolute Gasteiger partial charge is 0.113 e. The van der Waals surface area contributed by atoms with E-state index in [2.05, 4.69) is 18.2 Å². The van der Waals surface area contributed by atoms with Crippen molar-refractivity contribution < 1.29 is 4.42 Å². The Hall–Kier alpha value is -1.66. The van der Waals surface area contributed by atoms with E-state index in [1.54, 1.807) is 18.0 Å². The largest absolute Gasteiger partial charge is 0.468 e. The zero-order valence-corrected chi connectivity index (χ0v) is 10.2. The van der Waals surface area contributed by atoms with Crippen molar-refractivity contribution in [3.8, 4) is 6.07 Å². The topological polar surface area (TPSA) is 36.9 Å². The van der Waals surface area contributed by atoms with Crippen molar-refractivity contribution in [1.82, 2.24) is 0 Å². The molecule has 0 aliphatic carbocycles. The highest BCUT2D eigenvalue weighted by Gasteiger charge is 2.12. The maximum Gasteiger partial charge on any atom is 0.113 e. The summed E-state index contributed by atoms with van der Waals surface area (Å²) >= 11 is 1.74. The SMILES string of the molecule is N#CCC(SCc1ccco1)c1ccccc1. The molecule has 0 amide bonds. The second-order valence-corrected chi connectivity index (χ2v) is 4.84. The summed E-state index contributed by atoms with van der Waals surface area (Å²) in [4.78, 5) is 0. The minimum absolute atomic E-state index is 0.214. The first-order chi connectivity index (χ1) is 8.40. The lowest BCUT2D eigenvalue weighted by molar-refractivity contribution is 0.530. The fourth-order valence-corrected chi connectivity index (χ4v) is 2.67. The van der Waals surface area contributed by atoms with Gasteiger partial charge in [0.1, 0.15) is 5.76 Å². The third kappa shape index (κ3) is 3.40. The van der Waals surface area contributed by atoms with Gasteiger partial charge in [-0.3, -0.25) is 0 Å². The Labute approximate surface area is 105 Å². The van der Waals surface area contributed by atoms with Crippen molar-refractivity contribution in [1.29, 1.82) is 5.26 Å². The Balaban J connectivity index is 2.01. The molecule has 1 heterocycles. The number of benzene rings is 1. The minimum atomic E-state index is 0.214. The number of hydrogen-bond acceptors (Lipinski definition) is 3. The fraction of sp³-hybridized carbons (Fsp3) is 0.214. The van der Waals surface area contributed by atoms with Crippen LogP contribution in [0.1, 0.15) is 23.0 Å². The Morgan fingerprint density at radius 2 is 2.00 bits per heavy atom. The summed E-state index contributed by atoms with van der Waals surface area (Å²) in [7, 11) is 0. The van der Waals surface area contributed by atoms with Crippen molar-refractivity contribution in [2.75, 3.05) is 0 Å². The van der Waals surface area contributed by atoms with Gasteiger partial charge < -0.3 is 4.42 Å². The highest BCUT2D eigenvalue weighted by atomic mass is 32.2. The third-order valence-corrected chi connectivity index (χ3v) is 3.75. The normalized spacial score (nSPS) is 11.9. The number of furan rings is 1. The molecule has 1 unspecified atom stereocenters. The van der Waals surface area contributed by atoms with Crippen LogP contribution in [0.3, 0.4) is 0 Å². The van der Waals surface area contributed by atoms with Gasteiger partial charge in [0.25, 0.3) is 0 Å². The summed E-state index contributed by atoms with van der Waals surface area (Å²) in [6.45, 7) is 0. The molecule has 0 aliphatic heterocycles. The molecule has 0 radical (unpaired) electrons. The third-order valence-electron chi connectivity index (χ3n) is 2.45. The van der Waals surface area contributed by atoms with Crippen LogP contribution in [0.5, 0.6) is 0 Å². The highest BCUT2D eigenvalue weighted by Crippen LogP contribution is 2.34. The number of rotatable bonds is 5. The lowest BCUT2D eigenvalue weighted by Crippen LogP contribution is -1.93. The van der Waals surface area contributed by atoms with Crippen LogP contribution in [0.2, 0.25) is 0 Å². The van der Waals surface area contributed by atoms with Gasteiger partial charge in [0, 0.05) is 5.25 Å². The molecule has 0 N–H and O–H groups in total. The maximum atomic E-state index is 8.87. The summed E-state index contributed by atoms with van der Waals surface area (Å²) in [5.41, 5.74) is 1.20. The predicted octanol–water partition coefficient (Wildman–Crippen LogP) is 4.17. The molecule has 0 bridgehead atoms. The van der Waals surface area contributed by atoms with Crippen LogP contribution >= 0.6 is 11.8 Å². The Kier molecular flexibility index (Phi) is 4.29. The van der Waals surface area contributed by atoms with Crippen LogP contribution in [0.15, 0.2) is 53.1 Å². The second kappa shape index (κ2) is 6.17. The second-order valence-electron chi connectivity index (χ2n) is 3.65.